The van der Waals surface area contributed by atoms with Gasteiger partial charge in [0.15, 0.2) is 11.6 Å². The van der Waals surface area contributed by atoms with Crippen LogP contribution in [0.1, 0.15) is 0 Å². The van der Waals surface area contributed by atoms with Gasteiger partial charge >= 0.3 is 0 Å². The Balaban J connectivity index is 4.62. The van der Waals surface area contributed by atoms with Gasteiger partial charge in [-0.2, -0.15) is 0 Å². The Labute approximate surface area is 59.5 Å². The van der Waals surface area contributed by atoms with Crippen LogP contribution >= 0.6 is 0 Å². The molecule has 2 nitrogen and oxygen atoms in total. The Hall–Kier alpha value is -1.25. The Bertz CT molecular complexity index is 184. The molecule has 0 aliphatic carbocycles. The van der Waals surface area contributed by atoms with Gasteiger partial charge < -0.3 is 10.5 Å². The quantitative estimate of drug-likeness (QED) is 0.479. The molecule has 0 bridgehead atoms. The monoisotopic (exact) mass is 143 g/mol. The molecule has 0 fully saturated rings. The molecule has 0 amide bonds. The Morgan fingerprint density at radius 2 is 2.20 bits per heavy atom. The predicted octanol–water partition coefficient (Wildman–Crippen LogP) is 1.47. The van der Waals surface area contributed by atoms with E-state index >= 15 is 0 Å². The molecule has 0 aliphatic rings. The second kappa shape index (κ2) is 3.71. The SMILES string of the molecule is C=C/C(F)=C(/OC)C(=C)N. The maximum absolute atomic E-state index is 12.5. The Kier molecular flexibility index (Phi) is 3.25. The largest absolute Gasteiger partial charge is 0.492 e. The molecule has 56 valence electrons. The first-order valence-corrected chi connectivity index (χ1v) is 2.64. The van der Waals surface area contributed by atoms with Crippen LogP contribution in [0, 0.1) is 0 Å². The lowest BCUT2D eigenvalue weighted by Crippen LogP contribution is -2.02. The minimum absolute atomic E-state index is 0.0555. The number of ether oxygens (including phenoxy) is 1. The van der Waals surface area contributed by atoms with Gasteiger partial charge in [-0.25, -0.2) is 4.39 Å². The van der Waals surface area contributed by atoms with E-state index in [2.05, 4.69) is 17.9 Å². The summed E-state index contributed by atoms with van der Waals surface area (Å²) in [5.74, 6) is -0.662. The fraction of sp³-hybridized carbons (Fsp3) is 0.143. The summed E-state index contributed by atoms with van der Waals surface area (Å²) in [4.78, 5) is 0. The van der Waals surface area contributed by atoms with Crippen LogP contribution in [0.15, 0.2) is 36.5 Å². The molecule has 0 aromatic rings. The lowest BCUT2D eigenvalue weighted by Gasteiger charge is -2.03. The zero-order chi connectivity index (χ0) is 8.15. The minimum Gasteiger partial charge on any atom is -0.492 e. The standard InChI is InChI=1S/C7H10FNO/c1-4-6(8)7(10-3)5(2)9/h4H,1-2,9H2,3H3/b7-6-. The summed E-state index contributed by atoms with van der Waals surface area (Å²) in [6.07, 6.45) is 1.01. The molecule has 0 saturated heterocycles. The van der Waals surface area contributed by atoms with E-state index in [0.29, 0.717) is 0 Å². The smallest absolute Gasteiger partial charge is 0.176 e. The molecule has 0 rings (SSSR count). The number of rotatable bonds is 3. The van der Waals surface area contributed by atoms with E-state index in [4.69, 9.17) is 5.73 Å². The number of nitrogens with two attached hydrogens (primary N) is 1. The summed E-state index contributed by atoms with van der Waals surface area (Å²) in [6, 6.07) is 0. The van der Waals surface area contributed by atoms with E-state index in [1.54, 1.807) is 0 Å². The summed E-state index contributed by atoms with van der Waals surface area (Å²) in [5, 5.41) is 0. The second-order valence-corrected chi connectivity index (χ2v) is 1.61. The Morgan fingerprint density at radius 1 is 1.70 bits per heavy atom. The van der Waals surface area contributed by atoms with E-state index in [9.17, 15) is 4.39 Å². The third-order valence-corrected chi connectivity index (χ3v) is 0.892. The molecule has 0 unspecified atom stereocenters. The van der Waals surface area contributed by atoms with Crippen molar-refractivity contribution in [3.05, 3.63) is 36.5 Å². The van der Waals surface area contributed by atoms with Crippen LogP contribution in [0.3, 0.4) is 0 Å². The highest BCUT2D eigenvalue weighted by atomic mass is 19.1. The van der Waals surface area contributed by atoms with Crippen molar-refractivity contribution in [2.24, 2.45) is 5.73 Å². The van der Waals surface area contributed by atoms with Crippen LogP contribution in [-0.2, 0) is 4.74 Å². The van der Waals surface area contributed by atoms with Crippen LogP contribution < -0.4 is 5.73 Å². The summed E-state index contributed by atoms with van der Waals surface area (Å²) in [7, 11) is 1.32. The van der Waals surface area contributed by atoms with Gasteiger partial charge in [-0.05, 0) is 6.08 Å². The minimum atomic E-state index is -0.602. The third kappa shape index (κ3) is 1.93. The van der Waals surface area contributed by atoms with Crippen LogP contribution in [0.4, 0.5) is 4.39 Å². The maximum Gasteiger partial charge on any atom is 0.176 e. The second-order valence-electron chi connectivity index (χ2n) is 1.61. The van der Waals surface area contributed by atoms with Crippen LogP contribution in [0.2, 0.25) is 0 Å². The summed E-state index contributed by atoms with van der Waals surface area (Å²) in [6.45, 7) is 6.50. The summed E-state index contributed by atoms with van der Waals surface area (Å²) < 4.78 is 17.1. The molecule has 0 aromatic carbocycles. The van der Waals surface area contributed by atoms with E-state index in [0.717, 1.165) is 6.08 Å². The van der Waals surface area contributed by atoms with Gasteiger partial charge in [0.1, 0.15) is 0 Å². The van der Waals surface area contributed by atoms with Crippen molar-refractivity contribution in [1.29, 1.82) is 0 Å². The molecule has 3 heteroatoms. The fourth-order valence-electron chi connectivity index (χ4n) is 0.475. The van der Waals surface area contributed by atoms with Crippen molar-refractivity contribution in [1.82, 2.24) is 0 Å². The lowest BCUT2D eigenvalue weighted by molar-refractivity contribution is 0.286. The van der Waals surface area contributed by atoms with Crippen molar-refractivity contribution >= 4 is 0 Å². The average molecular weight is 143 g/mol. The molecule has 10 heavy (non-hydrogen) atoms. The molecule has 0 aliphatic heterocycles. The van der Waals surface area contributed by atoms with Gasteiger partial charge in [0.05, 0.1) is 12.8 Å². The van der Waals surface area contributed by atoms with Crippen LogP contribution in [0.5, 0.6) is 0 Å². The molecule has 0 saturated carbocycles. The number of hydrogen-bond donors (Lipinski definition) is 1. The molecule has 0 heterocycles. The van der Waals surface area contributed by atoms with Gasteiger partial charge in [-0.15, -0.1) is 0 Å². The first-order valence-electron chi connectivity index (χ1n) is 2.64. The number of allylic oxidation sites excluding steroid dienone is 2. The van der Waals surface area contributed by atoms with E-state index < -0.39 is 5.83 Å². The van der Waals surface area contributed by atoms with Crippen molar-refractivity contribution in [2.75, 3.05) is 7.11 Å². The average Bonchev–Trinajstić information content (AvgIpc) is 1.88. The third-order valence-electron chi connectivity index (χ3n) is 0.892. The molecule has 0 radical (unpaired) electrons. The topological polar surface area (TPSA) is 35.2 Å². The number of hydrogen-bond acceptors (Lipinski definition) is 2. The summed E-state index contributed by atoms with van der Waals surface area (Å²) in [5.41, 5.74) is 5.21. The van der Waals surface area contributed by atoms with Crippen molar-refractivity contribution in [3.63, 3.8) is 0 Å². The zero-order valence-corrected chi connectivity index (χ0v) is 5.86. The normalized spacial score (nSPS) is 11.8. The highest BCUT2D eigenvalue weighted by Crippen LogP contribution is 2.11. The van der Waals surface area contributed by atoms with Crippen molar-refractivity contribution in [3.8, 4) is 0 Å². The number of methoxy groups -OCH3 is 1. The zero-order valence-electron chi connectivity index (χ0n) is 5.86. The molecule has 0 atom stereocenters. The van der Waals surface area contributed by atoms with Crippen LogP contribution in [0.25, 0.3) is 0 Å². The van der Waals surface area contributed by atoms with Gasteiger partial charge in [0.2, 0.25) is 0 Å². The first-order chi connectivity index (χ1) is 4.63. The lowest BCUT2D eigenvalue weighted by atomic mass is 10.3. The molecular formula is C7H10FNO. The van der Waals surface area contributed by atoms with E-state index in [1.165, 1.54) is 7.11 Å². The molecular weight excluding hydrogens is 133 g/mol. The van der Waals surface area contributed by atoms with Gasteiger partial charge in [-0.1, -0.05) is 13.2 Å². The van der Waals surface area contributed by atoms with E-state index in [-0.39, 0.29) is 11.5 Å². The Morgan fingerprint density at radius 3 is 2.30 bits per heavy atom. The predicted molar refractivity (Wildman–Crippen MR) is 38.7 cm³/mol. The molecule has 2 N–H and O–H groups in total. The summed E-state index contributed by atoms with van der Waals surface area (Å²) >= 11 is 0. The van der Waals surface area contributed by atoms with Crippen molar-refractivity contribution < 1.29 is 9.13 Å². The number of halogens is 1. The first kappa shape index (κ1) is 8.75. The highest BCUT2D eigenvalue weighted by Gasteiger charge is 2.03. The van der Waals surface area contributed by atoms with Gasteiger partial charge in [-0.3, -0.25) is 0 Å². The molecule has 0 spiro atoms. The molecule has 0 aromatic heterocycles. The highest BCUT2D eigenvalue weighted by molar-refractivity contribution is 5.27. The van der Waals surface area contributed by atoms with Gasteiger partial charge in [0.25, 0.3) is 0 Å². The van der Waals surface area contributed by atoms with E-state index in [1.807, 2.05) is 0 Å². The van der Waals surface area contributed by atoms with Gasteiger partial charge in [0, 0.05) is 0 Å². The van der Waals surface area contributed by atoms with Crippen molar-refractivity contribution in [2.45, 2.75) is 0 Å². The van der Waals surface area contributed by atoms with Crippen LogP contribution in [-0.4, -0.2) is 7.11 Å². The maximum atomic E-state index is 12.5. The fourth-order valence-corrected chi connectivity index (χ4v) is 0.475.